The molecule has 2 N–H and O–H groups in total. The highest BCUT2D eigenvalue weighted by atomic mass is 35.5. The SMILES string of the molecule is Cc1c(C(=O)OC2CCCCC2C(N)=O)nn(-c2ccc(Cl)cc2Cl)c1-c1ccc(OCCC(F)(F)F)cc1. The van der Waals surface area contributed by atoms with Crippen molar-refractivity contribution in [3.8, 4) is 22.7 Å². The Morgan fingerprint density at radius 2 is 1.79 bits per heavy atom. The van der Waals surface area contributed by atoms with E-state index in [1.54, 1.807) is 31.2 Å². The predicted octanol–water partition coefficient (Wildman–Crippen LogP) is 6.69. The first-order valence-corrected chi connectivity index (χ1v) is 13.1. The highest BCUT2D eigenvalue weighted by molar-refractivity contribution is 6.35. The molecule has 0 radical (unpaired) electrons. The van der Waals surface area contributed by atoms with E-state index in [1.807, 2.05) is 0 Å². The van der Waals surface area contributed by atoms with Gasteiger partial charge in [-0.3, -0.25) is 4.79 Å². The minimum atomic E-state index is -4.32. The van der Waals surface area contributed by atoms with E-state index in [0.29, 0.717) is 40.4 Å². The zero-order chi connectivity index (χ0) is 28.3. The number of hydrogen-bond acceptors (Lipinski definition) is 5. The van der Waals surface area contributed by atoms with Crippen LogP contribution in [-0.4, -0.2) is 40.5 Å². The molecule has 12 heteroatoms. The molecule has 0 spiro atoms. The van der Waals surface area contributed by atoms with Gasteiger partial charge in [-0.2, -0.15) is 18.3 Å². The number of alkyl halides is 3. The number of halogens is 5. The molecule has 208 valence electrons. The fourth-order valence-electron chi connectivity index (χ4n) is 4.61. The van der Waals surface area contributed by atoms with Crippen molar-refractivity contribution in [1.82, 2.24) is 9.78 Å². The van der Waals surface area contributed by atoms with Crippen LogP contribution in [0.2, 0.25) is 10.0 Å². The Kier molecular flexibility index (Phi) is 8.76. The maximum Gasteiger partial charge on any atom is 0.392 e. The average molecular weight is 584 g/mol. The number of hydrogen-bond donors (Lipinski definition) is 1. The van der Waals surface area contributed by atoms with E-state index in [-0.39, 0.29) is 16.5 Å². The van der Waals surface area contributed by atoms with Crippen LogP contribution in [0.4, 0.5) is 13.2 Å². The molecule has 2 unspecified atom stereocenters. The molecule has 1 aromatic heterocycles. The first-order valence-electron chi connectivity index (χ1n) is 12.3. The standard InChI is InChI=1S/C27H26Cl2F3N3O4/c1-15-23(26(37)39-22-5-3-2-4-19(22)25(33)36)34-35(21-11-8-17(28)14-20(21)29)24(15)16-6-9-18(10-7-16)38-13-12-27(30,31)32/h6-11,14,19,22H,2-5,12-13H2,1H3,(H2,33,36). The summed E-state index contributed by atoms with van der Waals surface area (Å²) in [5.41, 5.74) is 7.57. The van der Waals surface area contributed by atoms with Crippen LogP contribution in [0.25, 0.3) is 16.9 Å². The van der Waals surface area contributed by atoms with Crippen LogP contribution in [0.15, 0.2) is 42.5 Å². The Bertz CT molecular complexity index is 1360. The number of esters is 1. The second kappa shape index (κ2) is 11.9. The van der Waals surface area contributed by atoms with Crippen molar-refractivity contribution >= 4 is 35.1 Å². The molecule has 1 saturated carbocycles. The second-order valence-corrected chi connectivity index (χ2v) is 10.1. The van der Waals surface area contributed by atoms with Crippen molar-refractivity contribution in [3.05, 3.63) is 63.8 Å². The molecule has 1 aliphatic carbocycles. The van der Waals surface area contributed by atoms with Crippen molar-refractivity contribution in [3.63, 3.8) is 0 Å². The third-order valence-electron chi connectivity index (χ3n) is 6.56. The van der Waals surface area contributed by atoms with Gasteiger partial charge in [-0.05, 0) is 68.7 Å². The van der Waals surface area contributed by atoms with E-state index < -0.39 is 43.1 Å². The van der Waals surface area contributed by atoms with Gasteiger partial charge in [0.05, 0.1) is 35.3 Å². The summed E-state index contributed by atoms with van der Waals surface area (Å²) < 4.78 is 49.8. The molecule has 1 amide bonds. The van der Waals surface area contributed by atoms with Crippen LogP contribution < -0.4 is 10.5 Å². The third kappa shape index (κ3) is 6.86. The van der Waals surface area contributed by atoms with Crippen molar-refractivity contribution < 1.29 is 32.2 Å². The lowest BCUT2D eigenvalue weighted by atomic mass is 9.86. The van der Waals surface area contributed by atoms with E-state index in [4.69, 9.17) is 38.4 Å². The van der Waals surface area contributed by atoms with E-state index in [9.17, 15) is 22.8 Å². The summed E-state index contributed by atoms with van der Waals surface area (Å²) in [6, 6.07) is 11.2. The van der Waals surface area contributed by atoms with Crippen LogP contribution in [0.1, 0.15) is 48.2 Å². The van der Waals surface area contributed by atoms with Crippen LogP contribution in [0.3, 0.4) is 0 Å². The lowest BCUT2D eigenvalue weighted by molar-refractivity contribution is -0.139. The molecular weight excluding hydrogens is 558 g/mol. The Hall–Kier alpha value is -3.24. The summed E-state index contributed by atoms with van der Waals surface area (Å²) in [6.07, 6.45) is -3.35. The lowest BCUT2D eigenvalue weighted by Crippen LogP contribution is -2.38. The third-order valence-corrected chi connectivity index (χ3v) is 7.10. The van der Waals surface area contributed by atoms with E-state index in [2.05, 4.69) is 5.10 Å². The number of rotatable bonds is 8. The minimum Gasteiger partial charge on any atom is -0.493 e. The van der Waals surface area contributed by atoms with Crippen molar-refractivity contribution in [2.24, 2.45) is 11.7 Å². The van der Waals surface area contributed by atoms with Crippen LogP contribution in [-0.2, 0) is 9.53 Å². The zero-order valence-electron chi connectivity index (χ0n) is 20.9. The number of nitrogens with zero attached hydrogens (tertiary/aromatic N) is 2. The summed E-state index contributed by atoms with van der Waals surface area (Å²) >= 11 is 12.5. The van der Waals surface area contributed by atoms with Gasteiger partial charge in [-0.25, -0.2) is 9.48 Å². The molecule has 1 aliphatic rings. The molecule has 1 fully saturated rings. The van der Waals surface area contributed by atoms with Gasteiger partial charge in [0, 0.05) is 16.1 Å². The quantitative estimate of drug-likeness (QED) is 0.298. The fraction of sp³-hybridized carbons (Fsp3) is 0.370. The summed E-state index contributed by atoms with van der Waals surface area (Å²) in [5.74, 6) is -1.53. The van der Waals surface area contributed by atoms with E-state index >= 15 is 0 Å². The monoisotopic (exact) mass is 583 g/mol. The molecule has 2 atom stereocenters. The van der Waals surface area contributed by atoms with Crippen molar-refractivity contribution in [1.29, 1.82) is 0 Å². The van der Waals surface area contributed by atoms with Crippen LogP contribution in [0.5, 0.6) is 5.75 Å². The Labute approximate surface area is 233 Å². The number of ether oxygens (including phenoxy) is 2. The summed E-state index contributed by atoms with van der Waals surface area (Å²) in [5, 5.41) is 5.21. The highest BCUT2D eigenvalue weighted by Gasteiger charge is 2.34. The molecule has 2 aromatic carbocycles. The molecule has 0 aliphatic heterocycles. The molecule has 39 heavy (non-hydrogen) atoms. The summed E-state index contributed by atoms with van der Waals surface area (Å²) in [4.78, 5) is 25.2. The summed E-state index contributed by atoms with van der Waals surface area (Å²) in [7, 11) is 0. The molecule has 7 nitrogen and oxygen atoms in total. The minimum absolute atomic E-state index is 0.0234. The van der Waals surface area contributed by atoms with E-state index in [1.165, 1.54) is 22.9 Å². The maximum atomic E-state index is 13.3. The van der Waals surface area contributed by atoms with Gasteiger partial charge in [0.25, 0.3) is 0 Å². The number of nitrogens with two attached hydrogens (primary N) is 1. The Balaban J connectivity index is 1.69. The van der Waals surface area contributed by atoms with Gasteiger partial charge in [-0.15, -0.1) is 0 Å². The molecule has 0 saturated heterocycles. The average Bonchev–Trinajstić information content (AvgIpc) is 3.20. The van der Waals surface area contributed by atoms with Crippen molar-refractivity contribution in [2.45, 2.75) is 51.3 Å². The molecule has 3 aromatic rings. The molecule has 0 bridgehead atoms. The second-order valence-electron chi connectivity index (χ2n) is 9.30. The summed E-state index contributed by atoms with van der Waals surface area (Å²) in [6.45, 7) is 1.18. The number of carbonyl (C=O) groups excluding carboxylic acids is 2. The number of primary amides is 1. The molecule has 4 rings (SSSR count). The van der Waals surface area contributed by atoms with Crippen LogP contribution >= 0.6 is 23.2 Å². The van der Waals surface area contributed by atoms with Gasteiger partial charge in [-0.1, -0.05) is 29.6 Å². The predicted molar refractivity (Wildman–Crippen MR) is 140 cm³/mol. The topological polar surface area (TPSA) is 96.4 Å². The Morgan fingerprint density at radius 3 is 2.44 bits per heavy atom. The number of carbonyl (C=O) groups is 2. The maximum absolute atomic E-state index is 13.3. The number of benzene rings is 2. The number of amides is 1. The first-order chi connectivity index (χ1) is 18.4. The lowest BCUT2D eigenvalue weighted by Gasteiger charge is -2.28. The Morgan fingerprint density at radius 1 is 1.10 bits per heavy atom. The molecule has 1 heterocycles. The van der Waals surface area contributed by atoms with Gasteiger partial charge >= 0.3 is 12.1 Å². The van der Waals surface area contributed by atoms with E-state index in [0.717, 1.165) is 12.8 Å². The first kappa shape index (κ1) is 28.8. The van der Waals surface area contributed by atoms with Crippen LogP contribution in [0, 0.1) is 12.8 Å². The van der Waals surface area contributed by atoms with Gasteiger partial charge in [0.2, 0.25) is 5.91 Å². The fourth-order valence-corrected chi connectivity index (χ4v) is 5.09. The van der Waals surface area contributed by atoms with Gasteiger partial charge in [0.1, 0.15) is 11.9 Å². The van der Waals surface area contributed by atoms with Gasteiger partial charge < -0.3 is 15.2 Å². The largest absolute Gasteiger partial charge is 0.493 e. The zero-order valence-corrected chi connectivity index (χ0v) is 22.4. The normalized spacial score (nSPS) is 17.6. The van der Waals surface area contributed by atoms with Gasteiger partial charge in [0.15, 0.2) is 5.69 Å². The number of aromatic nitrogens is 2. The van der Waals surface area contributed by atoms with Crippen molar-refractivity contribution in [2.75, 3.05) is 6.61 Å². The highest BCUT2D eigenvalue weighted by Crippen LogP contribution is 2.35. The molecular formula is C27H26Cl2F3N3O4. The smallest absolute Gasteiger partial charge is 0.392 e.